The van der Waals surface area contributed by atoms with Gasteiger partial charge in [0.25, 0.3) is 0 Å². The van der Waals surface area contributed by atoms with Crippen LogP contribution in [0.4, 0.5) is 0 Å². The summed E-state index contributed by atoms with van der Waals surface area (Å²) in [5.74, 6) is -1.41. The van der Waals surface area contributed by atoms with Crippen LogP contribution in [0, 0.1) is 0 Å². The molecule has 17 heavy (non-hydrogen) atoms. The Labute approximate surface area is 105 Å². The van der Waals surface area contributed by atoms with Crippen LogP contribution < -0.4 is 5.32 Å². The number of hydrogen-bond donors (Lipinski definition) is 2. The fourth-order valence-electron chi connectivity index (χ4n) is 1.39. The highest BCUT2D eigenvalue weighted by atomic mass is 35.5. The minimum atomic E-state index is -1.07. The Morgan fingerprint density at radius 1 is 1.41 bits per heavy atom. The Balaban J connectivity index is 2.86. The van der Waals surface area contributed by atoms with Gasteiger partial charge in [-0.2, -0.15) is 0 Å². The van der Waals surface area contributed by atoms with Gasteiger partial charge in [-0.15, -0.1) is 0 Å². The molecule has 0 aliphatic carbocycles. The minimum Gasteiger partial charge on any atom is -0.480 e. The van der Waals surface area contributed by atoms with Crippen molar-refractivity contribution in [3.63, 3.8) is 0 Å². The van der Waals surface area contributed by atoms with Gasteiger partial charge in [-0.3, -0.25) is 9.59 Å². The normalized spacial score (nSPS) is 11.0. The smallest absolute Gasteiger partial charge is 0.322 e. The molecule has 0 aliphatic rings. The number of halogens is 1. The molecule has 0 radical (unpaired) electrons. The van der Waals surface area contributed by atoms with Gasteiger partial charge in [0.05, 0.1) is 5.41 Å². The predicted octanol–water partition coefficient (Wildman–Crippen LogP) is 1.82. The Morgan fingerprint density at radius 2 is 2.06 bits per heavy atom. The van der Waals surface area contributed by atoms with E-state index in [9.17, 15) is 9.59 Å². The van der Waals surface area contributed by atoms with E-state index in [4.69, 9.17) is 16.7 Å². The van der Waals surface area contributed by atoms with Crippen molar-refractivity contribution in [2.45, 2.75) is 19.3 Å². The maximum Gasteiger partial charge on any atom is 0.322 e. The molecule has 4 nitrogen and oxygen atoms in total. The lowest BCUT2D eigenvalue weighted by Gasteiger charge is -2.23. The average Bonchev–Trinajstić information content (AvgIpc) is 2.25. The molecule has 0 aromatic heterocycles. The van der Waals surface area contributed by atoms with Gasteiger partial charge in [0.15, 0.2) is 0 Å². The van der Waals surface area contributed by atoms with Crippen molar-refractivity contribution in [1.82, 2.24) is 5.32 Å². The number of carbonyl (C=O) groups excluding carboxylic acids is 1. The fourth-order valence-corrected chi connectivity index (χ4v) is 1.58. The molecule has 5 heteroatoms. The number of nitrogens with one attached hydrogen (secondary N) is 1. The first-order valence-corrected chi connectivity index (χ1v) is 5.48. The second kappa shape index (κ2) is 5.19. The summed E-state index contributed by atoms with van der Waals surface area (Å²) in [6.45, 7) is 3.05. The maximum atomic E-state index is 11.9. The first-order valence-electron chi connectivity index (χ1n) is 5.10. The standard InChI is InChI=1S/C12H14ClNO3/c1-12(2,11(17)14-7-10(15)16)8-4-3-5-9(13)6-8/h3-6H,7H2,1-2H3,(H,14,17)(H,15,16). The van der Waals surface area contributed by atoms with Gasteiger partial charge in [0.1, 0.15) is 6.54 Å². The number of carboxylic acid groups (broad SMARTS) is 1. The van der Waals surface area contributed by atoms with E-state index >= 15 is 0 Å². The van der Waals surface area contributed by atoms with Gasteiger partial charge in [-0.1, -0.05) is 23.7 Å². The van der Waals surface area contributed by atoms with Crippen molar-refractivity contribution in [2.24, 2.45) is 0 Å². The van der Waals surface area contributed by atoms with Crippen molar-refractivity contribution >= 4 is 23.5 Å². The Bertz CT molecular complexity index is 443. The molecule has 0 unspecified atom stereocenters. The van der Waals surface area contributed by atoms with E-state index in [1.165, 1.54) is 0 Å². The summed E-state index contributed by atoms with van der Waals surface area (Å²) in [6, 6.07) is 6.95. The fraction of sp³-hybridized carbons (Fsp3) is 0.333. The maximum absolute atomic E-state index is 11.9. The van der Waals surface area contributed by atoms with Crippen LogP contribution in [0.2, 0.25) is 5.02 Å². The molecule has 92 valence electrons. The highest BCUT2D eigenvalue weighted by molar-refractivity contribution is 6.30. The van der Waals surface area contributed by atoms with Crippen LogP contribution in [0.1, 0.15) is 19.4 Å². The molecule has 2 N–H and O–H groups in total. The highest BCUT2D eigenvalue weighted by Crippen LogP contribution is 2.25. The van der Waals surface area contributed by atoms with Gasteiger partial charge < -0.3 is 10.4 Å². The number of rotatable bonds is 4. The summed E-state index contributed by atoms with van der Waals surface area (Å²) in [5, 5.41) is 11.4. The Hall–Kier alpha value is -1.55. The van der Waals surface area contributed by atoms with Crippen molar-refractivity contribution in [2.75, 3.05) is 6.54 Å². The van der Waals surface area contributed by atoms with E-state index < -0.39 is 11.4 Å². The lowest BCUT2D eigenvalue weighted by atomic mass is 9.84. The topological polar surface area (TPSA) is 66.4 Å². The molecule has 1 amide bonds. The van der Waals surface area contributed by atoms with E-state index in [2.05, 4.69) is 5.32 Å². The number of hydrogen-bond acceptors (Lipinski definition) is 2. The third-order valence-corrected chi connectivity index (χ3v) is 2.75. The second-order valence-electron chi connectivity index (χ2n) is 4.21. The number of carbonyl (C=O) groups is 2. The van der Waals surface area contributed by atoms with Crippen molar-refractivity contribution < 1.29 is 14.7 Å². The molecule has 0 spiro atoms. The van der Waals surface area contributed by atoms with Crippen LogP contribution in [-0.2, 0) is 15.0 Å². The zero-order chi connectivity index (χ0) is 13.1. The monoisotopic (exact) mass is 255 g/mol. The lowest BCUT2D eigenvalue weighted by molar-refractivity contribution is -0.138. The SMILES string of the molecule is CC(C)(C(=O)NCC(=O)O)c1cccc(Cl)c1. The van der Waals surface area contributed by atoms with Crippen molar-refractivity contribution in [3.05, 3.63) is 34.9 Å². The lowest BCUT2D eigenvalue weighted by Crippen LogP contribution is -2.42. The third-order valence-electron chi connectivity index (χ3n) is 2.51. The summed E-state index contributed by atoms with van der Waals surface area (Å²) in [4.78, 5) is 22.2. The molecule has 0 saturated heterocycles. The molecule has 1 aromatic carbocycles. The van der Waals surface area contributed by atoms with Crippen LogP contribution in [0.3, 0.4) is 0 Å². The zero-order valence-electron chi connectivity index (χ0n) is 9.66. The van der Waals surface area contributed by atoms with Crippen molar-refractivity contribution in [1.29, 1.82) is 0 Å². The molecule has 0 saturated carbocycles. The van der Waals surface area contributed by atoms with E-state index in [0.29, 0.717) is 5.02 Å². The first-order chi connectivity index (χ1) is 7.84. The Kier molecular flexibility index (Phi) is 4.12. The van der Waals surface area contributed by atoms with Gasteiger partial charge in [0.2, 0.25) is 5.91 Å². The summed E-state index contributed by atoms with van der Waals surface area (Å²) < 4.78 is 0. The molecular formula is C12H14ClNO3. The van der Waals surface area contributed by atoms with Crippen LogP contribution in [0.25, 0.3) is 0 Å². The van der Waals surface area contributed by atoms with Crippen molar-refractivity contribution in [3.8, 4) is 0 Å². The average molecular weight is 256 g/mol. The first kappa shape index (κ1) is 13.5. The quantitative estimate of drug-likeness (QED) is 0.862. The Morgan fingerprint density at radius 3 is 2.59 bits per heavy atom. The molecule has 0 bridgehead atoms. The number of amides is 1. The van der Waals surface area contributed by atoms with E-state index in [-0.39, 0.29) is 12.5 Å². The molecular weight excluding hydrogens is 242 g/mol. The van der Waals surface area contributed by atoms with Gasteiger partial charge in [-0.25, -0.2) is 0 Å². The molecule has 0 fully saturated rings. The predicted molar refractivity (Wildman–Crippen MR) is 65.1 cm³/mol. The summed E-state index contributed by atoms with van der Waals surface area (Å²) in [5.41, 5.74) is -0.0757. The van der Waals surface area contributed by atoms with E-state index in [1.54, 1.807) is 38.1 Å². The number of benzene rings is 1. The second-order valence-corrected chi connectivity index (χ2v) is 4.65. The summed E-state index contributed by atoms with van der Waals surface area (Å²) in [7, 11) is 0. The molecule has 0 atom stereocenters. The van der Waals surface area contributed by atoms with Crippen LogP contribution in [0.15, 0.2) is 24.3 Å². The van der Waals surface area contributed by atoms with Crippen LogP contribution in [-0.4, -0.2) is 23.5 Å². The van der Waals surface area contributed by atoms with Crippen LogP contribution >= 0.6 is 11.6 Å². The van der Waals surface area contributed by atoms with Gasteiger partial charge >= 0.3 is 5.97 Å². The summed E-state index contributed by atoms with van der Waals surface area (Å²) in [6.07, 6.45) is 0. The minimum absolute atomic E-state index is 0.345. The summed E-state index contributed by atoms with van der Waals surface area (Å²) >= 11 is 5.86. The van der Waals surface area contributed by atoms with E-state index in [1.807, 2.05) is 0 Å². The highest BCUT2D eigenvalue weighted by Gasteiger charge is 2.29. The molecule has 1 rings (SSSR count). The largest absolute Gasteiger partial charge is 0.480 e. The zero-order valence-corrected chi connectivity index (χ0v) is 10.4. The molecule has 1 aromatic rings. The van der Waals surface area contributed by atoms with E-state index in [0.717, 1.165) is 5.56 Å². The van der Waals surface area contributed by atoms with Gasteiger partial charge in [0, 0.05) is 5.02 Å². The number of carboxylic acids is 1. The molecule has 0 heterocycles. The third kappa shape index (κ3) is 3.46. The van der Waals surface area contributed by atoms with Crippen LogP contribution in [0.5, 0.6) is 0 Å². The number of aliphatic carboxylic acids is 1. The molecule has 0 aliphatic heterocycles. The van der Waals surface area contributed by atoms with Gasteiger partial charge in [-0.05, 0) is 31.5 Å².